The summed E-state index contributed by atoms with van der Waals surface area (Å²) in [5.41, 5.74) is 0. The van der Waals surface area contributed by atoms with Crippen LogP contribution in [0.15, 0.2) is 12.2 Å². The number of phosphoric ester groups is 1. The number of ether oxygens (including phenoxy) is 7. The first-order valence-electron chi connectivity index (χ1n) is 38.5. The number of allylic oxidation sites excluding steroid dienone is 2. The molecule has 3 fully saturated rings. The summed E-state index contributed by atoms with van der Waals surface area (Å²) in [6, 6.07) is 0. The molecule has 3 rings (SSSR count). The minimum atomic E-state index is -5.70. The predicted octanol–water partition coefficient (Wildman–Crippen LogP) is 10.7. The monoisotopic (exact) mass is 1430 g/mol. The van der Waals surface area contributed by atoms with E-state index in [0.717, 1.165) is 89.9 Å². The Kier molecular flexibility index (Phi) is 50.7. The van der Waals surface area contributed by atoms with Crippen LogP contribution in [-0.2, 0) is 61.2 Å². The molecule has 18 atom stereocenters. The molecule has 24 nitrogen and oxygen atoms in total. The normalized spacial score (nSPS) is 27.7. The molecule has 0 spiro atoms. The molecule has 1 aliphatic carbocycles. The van der Waals surface area contributed by atoms with E-state index in [4.69, 9.17) is 42.2 Å². The van der Waals surface area contributed by atoms with Gasteiger partial charge in [-0.25, -0.2) is 4.57 Å². The second-order valence-electron chi connectivity index (χ2n) is 27.7. The lowest BCUT2D eigenvalue weighted by Crippen LogP contribution is -2.69. The molecule has 576 valence electrons. The third-order valence-electron chi connectivity index (χ3n) is 19.0. The maximum Gasteiger partial charge on any atom is 0.472 e. The Labute approximate surface area is 586 Å². The van der Waals surface area contributed by atoms with Crippen molar-refractivity contribution in [3.63, 3.8) is 0 Å². The van der Waals surface area contributed by atoms with Crippen molar-refractivity contribution in [3.05, 3.63) is 12.2 Å². The average molecular weight is 1430 g/mol. The van der Waals surface area contributed by atoms with Gasteiger partial charge in [0.1, 0.15) is 98.7 Å². The largest absolute Gasteiger partial charge is 0.472 e. The highest BCUT2D eigenvalue weighted by molar-refractivity contribution is 7.47. The SMILES string of the molecule is CCCCCCCCC/C=C\CCCCCC(=O)OC(COC(=O)CCCCCCCCCCCCCCC)COP(=O)(O)OC1C(OC2OC(CO)C(O)C(O)C2O)C(O)C(O)C(O)C1OC1OC(COC(=O)CCCCCCCCCCCCCCCCCC)C(O)C(O)C1O. The van der Waals surface area contributed by atoms with Gasteiger partial charge in [0.25, 0.3) is 0 Å². The van der Waals surface area contributed by atoms with Crippen LogP contribution in [0.25, 0.3) is 0 Å². The van der Waals surface area contributed by atoms with Crippen molar-refractivity contribution in [1.29, 1.82) is 0 Å². The summed E-state index contributed by atoms with van der Waals surface area (Å²) in [6.45, 7) is 3.45. The van der Waals surface area contributed by atoms with Gasteiger partial charge < -0.3 is 89.1 Å². The zero-order chi connectivity index (χ0) is 71.8. The van der Waals surface area contributed by atoms with Gasteiger partial charge in [-0.15, -0.1) is 0 Å². The Morgan fingerprint density at radius 1 is 0.388 bits per heavy atom. The number of hydrogen-bond acceptors (Lipinski definition) is 23. The van der Waals surface area contributed by atoms with Gasteiger partial charge in [-0.05, 0) is 44.9 Å². The van der Waals surface area contributed by atoms with Crippen LogP contribution < -0.4 is 0 Å². The van der Waals surface area contributed by atoms with E-state index < -0.39 is 156 Å². The average Bonchev–Trinajstić information content (AvgIpc) is 0.762. The van der Waals surface area contributed by atoms with Gasteiger partial charge in [0.05, 0.1) is 13.2 Å². The van der Waals surface area contributed by atoms with E-state index in [9.17, 15) is 74.9 Å². The van der Waals surface area contributed by atoms with Gasteiger partial charge in [0, 0.05) is 19.3 Å². The molecular weight excluding hydrogens is 1290 g/mol. The lowest BCUT2D eigenvalue weighted by Gasteiger charge is -2.49. The molecule has 2 heterocycles. The van der Waals surface area contributed by atoms with E-state index in [0.29, 0.717) is 25.7 Å². The van der Waals surface area contributed by atoms with E-state index in [-0.39, 0.29) is 19.3 Å². The van der Waals surface area contributed by atoms with Crippen LogP contribution in [0, 0.1) is 0 Å². The van der Waals surface area contributed by atoms with Crippen LogP contribution >= 0.6 is 7.82 Å². The lowest BCUT2D eigenvalue weighted by atomic mass is 9.84. The van der Waals surface area contributed by atoms with E-state index in [1.807, 2.05) is 0 Å². The van der Waals surface area contributed by atoms with Gasteiger partial charge >= 0.3 is 25.7 Å². The fraction of sp³-hybridized carbons (Fsp3) is 0.932. The lowest BCUT2D eigenvalue weighted by molar-refractivity contribution is -0.360. The zero-order valence-electron chi connectivity index (χ0n) is 60.1. The predicted molar refractivity (Wildman–Crippen MR) is 370 cm³/mol. The summed E-state index contributed by atoms with van der Waals surface area (Å²) in [5.74, 6) is -2.00. The fourth-order valence-electron chi connectivity index (χ4n) is 12.8. The highest BCUT2D eigenvalue weighted by Crippen LogP contribution is 2.49. The number of esters is 3. The molecule has 0 aromatic heterocycles. The highest BCUT2D eigenvalue weighted by atomic mass is 31.2. The molecule has 0 aromatic rings. The van der Waals surface area contributed by atoms with Gasteiger partial charge in [-0.1, -0.05) is 251 Å². The van der Waals surface area contributed by atoms with E-state index in [1.54, 1.807) is 0 Å². The van der Waals surface area contributed by atoms with Crippen molar-refractivity contribution in [3.8, 4) is 0 Å². The molecular formula is C73H135O24P. The Balaban J connectivity index is 1.72. The molecule has 1 saturated carbocycles. The Hall–Kier alpha value is -2.30. The van der Waals surface area contributed by atoms with E-state index >= 15 is 0 Å². The van der Waals surface area contributed by atoms with Crippen LogP contribution in [-0.4, -0.2) is 204 Å². The third-order valence-corrected chi connectivity index (χ3v) is 20.0. The van der Waals surface area contributed by atoms with Crippen molar-refractivity contribution >= 4 is 25.7 Å². The maximum atomic E-state index is 14.3. The number of rotatable bonds is 60. The Morgan fingerprint density at radius 2 is 0.714 bits per heavy atom. The van der Waals surface area contributed by atoms with Crippen molar-refractivity contribution in [1.82, 2.24) is 0 Å². The van der Waals surface area contributed by atoms with E-state index in [1.165, 1.54) is 148 Å². The first-order valence-corrected chi connectivity index (χ1v) is 40.0. The molecule has 18 unspecified atom stereocenters. The Bertz CT molecular complexity index is 2080. The molecule has 2 saturated heterocycles. The maximum absolute atomic E-state index is 14.3. The van der Waals surface area contributed by atoms with Crippen LogP contribution in [0.4, 0.5) is 0 Å². The number of carbonyl (C=O) groups is 3. The smallest absolute Gasteiger partial charge is 0.463 e. The number of hydrogen-bond donors (Lipinski definition) is 11. The first kappa shape index (κ1) is 89.9. The van der Waals surface area contributed by atoms with Gasteiger partial charge in [0.2, 0.25) is 0 Å². The van der Waals surface area contributed by atoms with Crippen molar-refractivity contribution in [2.45, 2.75) is 407 Å². The molecule has 11 N–H and O–H groups in total. The van der Waals surface area contributed by atoms with Gasteiger partial charge in [-0.3, -0.25) is 23.4 Å². The number of carbonyl (C=O) groups excluding carboxylic acids is 3. The van der Waals surface area contributed by atoms with Crippen molar-refractivity contribution in [2.75, 3.05) is 26.4 Å². The summed E-state index contributed by atoms with van der Waals surface area (Å²) in [6.07, 6.45) is 14.2. The highest BCUT2D eigenvalue weighted by Gasteiger charge is 2.58. The minimum Gasteiger partial charge on any atom is -0.463 e. The van der Waals surface area contributed by atoms with Crippen LogP contribution in [0.2, 0.25) is 0 Å². The molecule has 0 bridgehead atoms. The number of aliphatic hydroxyl groups excluding tert-OH is 10. The number of unbranched alkanes of at least 4 members (excludes halogenated alkanes) is 37. The number of aliphatic hydroxyl groups is 10. The number of phosphoric acid groups is 1. The summed E-state index contributed by atoms with van der Waals surface area (Å²) < 4.78 is 65.0. The van der Waals surface area contributed by atoms with Crippen LogP contribution in [0.1, 0.15) is 303 Å². The molecule has 0 radical (unpaired) electrons. The molecule has 98 heavy (non-hydrogen) atoms. The summed E-state index contributed by atoms with van der Waals surface area (Å²) in [4.78, 5) is 51.0. The van der Waals surface area contributed by atoms with Gasteiger partial charge in [0.15, 0.2) is 18.7 Å². The van der Waals surface area contributed by atoms with Crippen LogP contribution in [0.5, 0.6) is 0 Å². The van der Waals surface area contributed by atoms with Crippen molar-refractivity contribution < 1.29 is 117 Å². The molecule has 25 heteroatoms. The molecule has 0 amide bonds. The van der Waals surface area contributed by atoms with E-state index in [2.05, 4.69) is 32.9 Å². The summed E-state index contributed by atoms with van der Waals surface area (Å²) in [7, 11) is -5.70. The topological polar surface area (TPSA) is 374 Å². The molecule has 2 aliphatic heterocycles. The molecule has 3 aliphatic rings. The summed E-state index contributed by atoms with van der Waals surface area (Å²) in [5, 5.41) is 110. The van der Waals surface area contributed by atoms with Crippen molar-refractivity contribution in [2.24, 2.45) is 0 Å². The standard InChI is InChI=1S/C73H135O24P/c1-4-7-10-13-16-19-22-25-27-28-31-33-36-39-42-45-48-58(76)90-53-56-61(79)63(81)68(86)73(94-56)96-70-66(84)64(82)65(83)69(95-72-67(85)62(80)60(78)55(50-74)93-72)71(70)97-98(87,88)91-52-54(51-89-57(75)47-44-41-38-35-32-29-24-21-18-15-12-9-6-3)92-59(77)49-46-43-40-37-34-30-26-23-20-17-14-11-8-5-2/h30,34,54-56,60-74,78-86H,4-29,31-33,35-53H2,1-3H3,(H,87,88)/b34-30-. The fourth-order valence-corrected chi connectivity index (χ4v) is 13.7. The van der Waals surface area contributed by atoms with Gasteiger partial charge in [-0.2, -0.15) is 0 Å². The zero-order valence-corrected chi connectivity index (χ0v) is 61.0. The summed E-state index contributed by atoms with van der Waals surface area (Å²) >= 11 is 0. The second kappa shape index (κ2) is 55.2. The quantitative estimate of drug-likeness (QED) is 0.00886. The second-order valence-corrected chi connectivity index (χ2v) is 29.1. The third kappa shape index (κ3) is 37.9. The first-order chi connectivity index (χ1) is 47.3. The van der Waals surface area contributed by atoms with Crippen LogP contribution in [0.3, 0.4) is 0 Å². The Morgan fingerprint density at radius 3 is 1.11 bits per heavy atom. The minimum absolute atomic E-state index is 0.0323. The molecule has 0 aromatic carbocycles.